The summed E-state index contributed by atoms with van der Waals surface area (Å²) >= 11 is 6.15. The molecule has 0 atom stereocenters. The molecule has 0 saturated heterocycles. The number of benzene rings is 1. The topological polar surface area (TPSA) is 43.6 Å². The van der Waals surface area contributed by atoms with E-state index >= 15 is 0 Å². The first-order valence-electron chi connectivity index (χ1n) is 3.51. The second-order valence-electron chi connectivity index (χ2n) is 2.36. The van der Waals surface area contributed by atoms with Crippen molar-refractivity contribution >= 4 is 35.4 Å². The van der Waals surface area contributed by atoms with Gasteiger partial charge in [-0.05, 0) is 52.8 Å². The molecule has 4 nitrogen and oxygen atoms in total. The smallest absolute Gasteiger partial charge is 0.120 e. The normalized spacial score (nSPS) is 10.3. The minimum absolute atomic E-state index is 0.597. The minimum atomic E-state index is 0.597. The summed E-state index contributed by atoms with van der Waals surface area (Å²) in [5, 5.41) is 11.5. The molecule has 0 aliphatic carbocycles. The van der Waals surface area contributed by atoms with Crippen LogP contribution in [-0.4, -0.2) is 19.6 Å². The summed E-state index contributed by atoms with van der Waals surface area (Å²) in [5.41, 5.74) is 0.975. The van der Waals surface area contributed by atoms with Crippen LogP contribution in [-0.2, 0) is 0 Å². The van der Waals surface area contributed by atoms with Crippen molar-refractivity contribution in [1.29, 1.82) is 0 Å². The average molecular weight is 304 g/mol. The lowest BCUT2D eigenvalue weighted by Gasteiger charge is -1.96. The third-order valence-corrected chi connectivity index (χ3v) is 2.63. The molecular formula is C7H5IN4S. The lowest BCUT2D eigenvalue weighted by molar-refractivity contribution is 0.825. The summed E-state index contributed by atoms with van der Waals surface area (Å²) < 4.78 is 2.25. The highest BCUT2D eigenvalue weighted by Gasteiger charge is 2.06. The Kier molecular flexibility index (Phi) is 2.49. The standard InChI is InChI=1S/C7H5IN4S/c8-6-4-2-1-3-5(6)7-9-11-12(13)10-7/h1-4,13H. The molecule has 0 spiro atoms. The van der Waals surface area contributed by atoms with E-state index in [1.54, 1.807) is 0 Å². The Morgan fingerprint density at radius 3 is 2.69 bits per heavy atom. The van der Waals surface area contributed by atoms with Crippen LogP contribution in [0.1, 0.15) is 0 Å². The number of tetrazole rings is 1. The summed E-state index contributed by atoms with van der Waals surface area (Å²) in [4.78, 5) is 0. The number of halogens is 1. The zero-order valence-electron chi connectivity index (χ0n) is 6.42. The number of rotatable bonds is 1. The maximum absolute atomic E-state index is 4.00. The van der Waals surface area contributed by atoms with Gasteiger partial charge in [0, 0.05) is 9.13 Å². The first-order valence-corrected chi connectivity index (χ1v) is 4.99. The first kappa shape index (κ1) is 8.95. The van der Waals surface area contributed by atoms with E-state index in [4.69, 9.17) is 0 Å². The van der Waals surface area contributed by atoms with Crippen LogP contribution in [0.4, 0.5) is 0 Å². The van der Waals surface area contributed by atoms with Crippen molar-refractivity contribution < 1.29 is 0 Å². The van der Waals surface area contributed by atoms with Crippen LogP contribution in [0.25, 0.3) is 11.4 Å². The van der Waals surface area contributed by atoms with Gasteiger partial charge in [-0.2, -0.15) is 0 Å². The molecular weight excluding hydrogens is 299 g/mol. The predicted molar refractivity (Wildman–Crippen MR) is 60.4 cm³/mol. The molecule has 1 aromatic heterocycles. The second kappa shape index (κ2) is 3.62. The predicted octanol–water partition coefficient (Wildman–Crippen LogP) is 1.64. The monoisotopic (exact) mass is 304 g/mol. The fourth-order valence-corrected chi connectivity index (χ4v) is 1.71. The summed E-state index contributed by atoms with van der Waals surface area (Å²) in [5.74, 6) is 0.597. The molecule has 0 N–H and O–H groups in total. The summed E-state index contributed by atoms with van der Waals surface area (Å²) in [6.45, 7) is 0. The SMILES string of the molecule is Sn1nnc(-c2ccccc2I)n1. The number of aromatic nitrogens is 4. The van der Waals surface area contributed by atoms with Gasteiger partial charge in [0.1, 0.15) is 0 Å². The third-order valence-electron chi connectivity index (χ3n) is 1.52. The Morgan fingerprint density at radius 1 is 1.31 bits per heavy atom. The van der Waals surface area contributed by atoms with Crippen molar-refractivity contribution in [2.75, 3.05) is 0 Å². The van der Waals surface area contributed by atoms with Crippen molar-refractivity contribution in [3.63, 3.8) is 0 Å². The zero-order chi connectivity index (χ0) is 9.26. The van der Waals surface area contributed by atoms with Crippen LogP contribution in [0, 0.1) is 3.57 Å². The Morgan fingerprint density at radius 2 is 2.08 bits per heavy atom. The maximum Gasteiger partial charge on any atom is 0.207 e. The molecule has 1 heterocycles. The molecule has 0 unspecified atom stereocenters. The van der Waals surface area contributed by atoms with Gasteiger partial charge >= 0.3 is 0 Å². The van der Waals surface area contributed by atoms with Gasteiger partial charge in [-0.25, -0.2) is 0 Å². The molecule has 0 bridgehead atoms. The lowest BCUT2D eigenvalue weighted by atomic mass is 10.2. The zero-order valence-corrected chi connectivity index (χ0v) is 9.48. The molecule has 0 amide bonds. The Balaban J connectivity index is 2.52. The second-order valence-corrected chi connectivity index (χ2v) is 3.88. The molecule has 0 aliphatic heterocycles. The number of thiol groups is 1. The van der Waals surface area contributed by atoms with Crippen LogP contribution >= 0.6 is 35.4 Å². The fourth-order valence-electron chi connectivity index (χ4n) is 0.957. The van der Waals surface area contributed by atoms with E-state index in [1.807, 2.05) is 24.3 Å². The average Bonchev–Trinajstić information content (AvgIpc) is 2.53. The first-order chi connectivity index (χ1) is 6.27. The highest BCUT2D eigenvalue weighted by atomic mass is 127. The van der Waals surface area contributed by atoms with Gasteiger partial charge in [0.15, 0.2) is 0 Å². The quantitative estimate of drug-likeness (QED) is 0.643. The highest BCUT2D eigenvalue weighted by Crippen LogP contribution is 2.20. The molecule has 66 valence electrons. The maximum atomic E-state index is 4.00. The van der Waals surface area contributed by atoms with Gasteiger partial charge in [0.25, 0.3) is 0 Å². The van der Waals surface area contributed by atoms with Crippen molar-refractivity contribution in [2.45, 2.75) is 0 Å². The number of hydrogen-bond acceptors (Lipinski definition) is 4. The largest absolute Gasteiger partial charge is 0.207 e. The van der Waals surface area contributed by atoms with Crippen molar-refractivity contribution in [3.05, 3.63) is 27.8 Å². The third kappa shape index (κ3) is 1.83. The molecule has 0 radical (unpaired) electrons. The van der Waals surface area contributed by atoms with E-state index in [0.717, 1.165) is 13.3 Å². The van der Waals surface area contributed by atoms with E-state index in [2.05, 4.69) is 50.8 Å². The molecule has 2 rings (SSSR count). The van der Waals surface area contributed by atoms with Crippen LogP contribution < -0.4 is 0 Å². The van der Waals surface area contributed by atoms with Crippen LogP contribution in [0.2, 0.25) is 0 Å². The minimum Gasteiger partial charge on any atom is -0.120 e. The summed E-state index contributed by atoms with van der Waals surface area (Å²) in [6, 6.07) is 7.86. The summed E-state index contributed by atoms with van der Waals surface area (Å²) in [6.07, 6.45) is 0. The van der Waals surface area contributed by atoms with E-state index < -0.39 is 0 Å². The van der Waals surface area contributed by atoms with Crippen molar-refractivity contribution in [1.82, 2.24) is 19.6 Å². The molecule has 2 aromatic rings. The van der Waals surface area contributed by atoms with Crippen LogP contribution in [0.3, 0.4) is 0 Å². The molecule has 0 fully saturated rings. The Hall–Kier alpha value is -0.630. The van der Waals surface area contributed by atoms with Gasteiger partial charge in [0.2, 0.25) is 5.82 Å². The number of nitrogens with zero attached hydrogens (tertiary/aromatic N) is 4. The molecule has 6 heteroatoms. The van der Waals surface area contributed by atoms with E-state index in [1.165, 1.54) is 0 Å². The molecule has 1 aromatic carbocycles. The highest BCUT2D eigenvalue weighted by molar-refractivity contribution is 14.1. The van der Waals surface area contributed by atoms with E-state index in [9.17, 15) is 0 Å². The molecule has 0 saturated carbocycles. The van der Waals surface area contributed by atoms with Crippen LogP contribution in [0.15, 0.2) is 24.3 Å². The molecule has 13 heavy (non-hydrogen) atoms. The van der Waals surface area contributed by atoms with E-state index in [-0.39, 0.29) is 0 Å². The van der Waals surface area contributed by atoms with Crippen molar-refractivity contribution in [3.8, 4) is 11.4 Å². The Bertz CT molecular complexity index is 428. The van der Waals surface area contributed by atoms with Gasteiger partial charge in [-0.15, -0.1) is 14.4 Å². The van der Waals surface area contributed by atoms with Crippen LogP contribution in [0.5, 0.6) is 0 Å². The van der Waals surface area contributed by atoms with E-state index in [0.29, 0.717) is 5.82 Å². The van der Waals surface area contributed by atoms with Crippen molar-refractivity contribution in [2.24, 2.45) is 0 Å². The summed E-state index contributed by atoms with van der Waals surface area (Å²) in [7, 11) is 0. The Labute approximate surface area is 94.0 Å². The van der Waals surface area contributed by atoms with Gasteiger partial charge < -0.3 is 0 Å². The number of hydrogen-bond donors (Lipinski definition) is 1. The lowest BCUT2D eigenvalue weighted by Crippen LogP contribution is -1.86. The van der Waals surface area contributed by atoms with Gasteiger partial charge in [-0.1, -0.05) is 12.1 Å². The van der Waals surface area contributed by atoms with Gasteiger partial charge in [0.05, 0.1) is 0 Å². The molecule has 0 aliphatic rings. The van der Waals surface area contributed by atoms with Gasteiger partial charge in [-0.3, -0.25) is 0 Å². The fraction of sp³-hybridized carbons (Fsp3) is 0.